The number of aromatic hydroxyl groups is 1. The Balaban J connectivity index is 2.80. The minimum atomic E-state index is -4.76. The smallest absolute Gasteiger partial charge is 0.417 e. The van der Waals surface area contributed by atoms with Crippen molar-refractivity contribution in [2.45, 2.75) is 6.18 Å². The minimum Gasteiger partial charge on any atom is -0.506 e. The van der Waals surface area contributed by atoms with E-state index in [0.717, 1.165) is 25.3 Å². The van der Waals surface area contributed by atoms with Gasteiger partial charge in [0.05, 0.1) is 12.7 Å². The Hall–Kier alpha value is -3.03. The van der Waals surface area contributed by atoms with Crippen LogP contribution in [0.3, 0.4) is 0 Å². The third-order valence-corrected chi connectivity index (χ3v) is 3.14. The normalized spacial score (nSPS) is 12.5. The van der Waals surface area contributed by atoms with E-state index in [1.165, 1.54) is 24.4 Å². The molecule has 0 bridgehead atoms. The van der Waals surface area contributed by atoms with E-state index in [1.807, 2.05) is 0 Å². The Kier molecular flexibility index (Phi) is 4.77. The van der Waals surface area contributed by atoms with Gasteiger partial charge in [0.15, 0.2) is 5.76 Å². The first-order chi connectivity index (χ1) is 11.3. The first-order valence-electron chi connectivity index (χ1n) is 6.60. The lowest BCUT2D eigenvalue weighted by Crippen LogP contribution is -2.14. The average molecular weight is 339 g/mol. The molecule has 0 spiro atoms. The fourth-order valence-corrected chi connectivity index (χ4v) is 2.08. The van der Waals surface area contributed by atoms with Crippen LogP contribution >= 0.6 is 0 Å². The Labute approximate surface area is 134 Å². The Morgan fingerprint density at radius 3 is 2.42 bits per heavy atom. The standard InChI is InChI=1S/C16H12F3NO4/c1-24-15(23)12(14(22)13-11(21)7-4-8-20-13)9-5-2-3-6-10(9)16(17,18)19/h2-8,21-22H,1H3/b14-12+. The second-order valence-corrected chi connectivity index (χ2v) is 4.63. The van der Waals surface area contributed by atoms with Crippen LogP contribution in [0.4, 0.5) is 13.2 Å². The molecule has 0 fully saturated rings. The van der Waals surface area contributed by atoms with Crippen molar-refractivity contribution >= 4 is 17.3 Å². The van der Waals surface area contributed by atoms with Crippen molar-refractivity contribution in [3.05, 3.63) is 59.4 Å². The molecule has 2 aromatic rings. The van der Waals surface area contributed by atoms with Gasteiger partial charge in [-0.25, -0.2) is 9.78 Å². The number of hydrogen-bond acceptors (Lipinski definition) is 5. The predicted molar refractivity (Wildman–Crippen MR) is 78.8 cm³/mol. The van der Waals surface area contributed by atoms with E-state index in [2.05, 4.69) is 9.72 Å². The molecule has 0 unspecified atom stereocenters. The molecule has 1 aromatic heterocycles. The van der Waals surface area contributed by atoms with E-state index in [9.17, 15) is 28.2 Å². The zero-order chi connectivity index (χ0) is 17.9. The van der Waals surface area contributed by atoms with Crippen molar-refractivity contribution in [2.75, 3.05) is 7.11 Å². The quantitative estimate of drug-likeness (QED) is 0.509. The number of methoxy groups -OCH3 is 1. The van der Waals surface area contributed by atoms with Gasteiger partial charge in [-0.05, 0) is 18.2 Å². The van der Waals surface area contributed by atoms with Crippen molar-refractivity contribution in [3.63, 3.8) is 0 Å². The number of nitrogens with zero attached hydrogens (tertiary/aromatic N) is 1. The van der Waals surface area contributed by atoms with Gasteiger partial charge in [0.2, 0.25) is 0 Å². The summed E-state index contributed by atoms with van der Waals surface area (Å²) in [5.41, 5.74) is -2.90. The molecule has 0 radical (unpaired) electrons. The van der Waals surface area contributed by atoms with Gasteiger partial charge in [-0.15, -0.1) is 0 Å². The largest absolute Gasteiger partial charge is 0.506 e. The summed E-state index contributed by atoms with van der Waals surface area (Å²) in [5, 5.41) is 20.0. The summed E-state index contributed by atoms with van der Waals surface area (Å²) in [4.78, 5) is 15.7. The van der Waals surface area contributed by atoms with Gasteiger partial charge in [0.1, 0.15) is 17.0 Å². The maximum atomic E-state index is 13.2. The molecule has 0 amide bonds. The second-order valence-electron chi connectivity index (χ2n) is 4.63. The molecule has 0 saturated heterocycles. The van der Waals surface area contributed by atoms with Crippen LogP contribution < -0.4 is 0 Å². The van der Waals surface area contributed by atoms with Crippen LogP contribution in [0.1, 0.15) is 16.8 Å². The van der Waals surface area contributed by atoms with E-state index in [-0.39, 0.29) is 0 Å². The molecule has 1 heterocycles. The highest BCUT2D eigenvalue weighted by molar-refractivity contribution is 6.23. The van der Waals surface area contributed by atoms with Crippen LogP contribution in [0, 0.1) is 0 Å². The number of aliphatic hydroxyl groups excluding tert-OH is 1. The number of esters is 1. The highest BCUT2D eigenvalue weighted by Gasteiger charge is 2.36. The van der Waals surface area contributed by atoms with Crippen LogP contribution in [-0.2, 0) is 15.7 Å². The van der Waals surface area contributed by atoms with Crippen molar-refractivity contribution < 1.29 is 32.9 Å². The van der Waals surface area contributed by atoms with Gasteiger partial charge in [-0.3, -0.25) is 0 Å². The number of carbonyl (C=O) groups excluding carboxylic acids is 1. The van der Waals surface area contributed by atoms with Crippen molar-refractivity contribution in [1.82, 2.24) is 4.98 Å². The van der Waals surface area contributed by atoms with Crippen molar-refractivity contribution in [1.29, 1.82) is 0 Å². The van der Waals surface area contributed by atoms with Crippen LogP contribution in [0.15, 0.2) is 42.6 Å². The van der Waals surface area contributed by atoms with Gasteiger partial charge in [-0.1, -0.05) is 18.2 Å². The third-order valence-electron chi connectivity index (χ3n) is 3.14. The summed E-state index contributed by atoms with van der Waals surface area (Å²) in [5.74, 6) is -2.62. The van der Waals surface area contributed by atoms with E-state index < -0.39 is 46.0 Å². The summed E-state index contributed by atoms with van der Waals surface area (Å²) in [7, 11) is 0.962. The van der Waals surface area contributed by atoms with E-state index in [4.69, 9.17) is 0 Å². The molecule has 0 saturated carbocycles. The van der Waals surface area contributed by atoms with Gasteiger partial charge in [-0.2, -0.15) is 13.2 Å². The molecule has 2 N–H and O–H groups in total. The SMILES string of the molecule is COC(=O)/C(=C(/O)c1ncccc1O)c1ccccc1C(F)(F)F. The maximum absolute atomic E-state index is 13.2. The Bertz CT molecular complexity index is 800. The Morgan fingerprint density at radius 2 is 1.83 bits per heavy atom. The summed E-state index contributed by atoms with van der Waals surface area (Å²) in [6.07, 6.45) is -3.56. The molecule has 1 aromatic carbocycles. The molecular weight excluding hydrogens is 327 g/mol. The number of hydrogen-bond donors (Lipinski definition) is 2. The third kappa shape index (κ3) is 3.32. The first kappa shape index (κ1) is 17.3. The number of aromatic nitrogens is 1. The lowest BCUT2D eigenvalue weighted by atomic mass is 9.97. The molecule has 2 rings (SSSR count). The number of pyridine rings is 1. The molecule has 0 aliphatic carbocycles. The van der Waals surface area contributed by atoms with Gasteiger partial charge >= 0.3 is 12.1 Å². The molecule has 0 aliphatic heterocycles. The number of alkyl halides is 3. The van der Waals surface area contributed by atoms with E-state index in [1.54, 1.807) is 0 Å². The number of ether oxygens (including phenoxy) is 1. The van der Waals surface area contributed by atoms with Gasteiger partial charge < -0.3 is 14.9 Å². The topological polar surface area (TPSA) is 79.7 Å². The van der Waals surface area contributed by atoms with Gasteiger partial charge in [0, 0.05) is 11.8 Å². The molecule has 126 valence electrons. The van der Waals surface area contributed by atoms with E-state index in [0.29, 0.717) is 0 Å². The summed E-state index contributed by atoms with van der Waals surface area (Å²) in [6, 6.07) is 6.74. The highest BCUT2D eigenvalue weighted by atomic mass is 19.4. The van der Waals surface area contributed by atoms with Crippen LogP contribution in [0.5, 0.6) is 5.75 Å². The zero-order valence-electron chi connectivity index (χ0n) is 12.3. The summed E-state index contributed by atoms with van der Waals surface area (Å²) in [6.45, 7) is 0. The Morgan fingerprint density at radius 1 is 1.17 bits per heavy atom. The fraction of sp³-hybridized carbons (Fsp3) is 0.125. The molecular formula is C16H12F3NO4. The first-order valence-corrected chi connectivity index (χ1v) is 6.60. The highest BCUT2D eigenvalue weighted by Crippen LogP contribution is 2.38. The fourth-order valence-electron chi connectivity index (χ4n) is 2.08. The molecule has 5 nitrogen and oxygen atoms in total. The van der Waals surface area contributed by atoms with Crippen LogP contribution in [-0.4, -0.2) is 28.3 Å². The number of carbonyl (C=O) groups is 1. The number of benzene rings is 1. The van der Waals surface area contributed by atoms with Crippen LogP contribution in [0.2, 0.25) is 0 Å². The second kappa shape index (κ2) is 6.61. The summed E-state index contributed by atoms with van der Waals surface area (Å²) >= 11 is 0. The maximum Gasteiger partial charge on any atom is 0.417 e. The minimum absolute atomic E-state index is 0.435. The van der Waals surface area contributed by atoms with Crippen molar-refractivity contribution in [3.8, 4) is 5.75 Å². The van der Waals surface area contributed by atoms with E-state index >= 15 is 0 Å². The lowest BCUT2D eigenvalue weighted by Gasteiger charge is -2.15. The zero-order valence-corrected chi connectivity index (χ0v) is 12.3. The van der Waals surface area contributed by atoms with Gasteiger partial charge in [0.25, 0.3) is 0 Å². The average Bonchev–Trinajstić information content (AvgIpc) is 2.54. The monoisotopic (exact) mass is 339 g/mol. The number of halogens is 3. The molecule has 8 heteroatoms. The van der Waals surface area contributed by atoms with Crippen molar-refractivity contribution in [2.24, 2.45) is 0 Å². The molecule has 0 aliphatic rings. The molecule has 24 heavy (non-hydrogen) atoms. The predicted octanol–water partition coefficient (Wildman–Crippen LogP) is 3.41. The summed E-state index contributed by atoms with van der Waals surface area (Å²) < 4.78 is 44.1. The van der Waals surface area contributed by atoms with Crippen LogP contribution in [0.25, 0.3) is 11.3 Å². The molecule has 0 atom stereocenters. The number of rotatable bonds is 3. The number of aliphatic hydroxyl groups is 1. The lowest BCUT2D eigenvalue weighted by molar-refractivity contribution is -0.138.